The number of fused-ring (bicyclic) bond motifs is 2. The van der Waals surface area contributed by atoms with Crippen molar-refractivity contribution in [1.82, 2.24) is 25.5 Å². The molecule has 1 atom stereocenters. The zero-order valence-corrected chi connectivity index (χ0v) is 23.4. The van der Waals surface area contributed by atoms with Crippen LogP contribution in [0.1, 0.15) is 64.9 Å². The van der Waals surface area contributed by atoms with Crippen molar-refractivity contribution in [2.75, 3.05) is 11.9 Å². The van der Waals surface area contributed by atoms with Gasteiger partial charge >= 0.3 is 0 Å². The summed E-state index contributed by atoms with van der Waals surface area (Å²) >= 11 is 0. The van der Waals surface area contributed by atoms with E-state index in [1.165, 1.54) is 0 Å². The Morgan fingerprint density at radius 2 is 1.81 bits per heavy atom. The van der Waals surface area contributed by atoms with Crippen LogP contribution in [0.2, 0.25) is 0 Å². The third-order valence-corrected chi connectivity index (χ3v) is 8.79. The molecule has 4 aliphatic rings. The van der Waals surface area contributed by atoms with Crippen LogP contribution in [0.3, 0.4) is 0 Å². The molecule has 11 nitrogen and oxygen atoms in total. The van der Waals surface area contributed by atoms with Crippen molar-refractivity contribution in [1.29, 1.82) is 5.41 Å². The van der Waals surface area contributed by atoms with E-state index >= 15 is 0 Å². The maximum atomic E-state index is 13.1. The van der Waals surface area contributed by atoms with Crippen molar-refractivity contribution < 1.29 is 19.2 Å². The minimum absolute atomic E-state index is 0.0886. The Morgan fingerprint density at radius 1 is 1.00 bits per heavy atom. The normalized spacial score (nSPS) is 23.6. The van der Waals surface area contributed by atoms with Crippen LogP contribution >= 0.6 is 0 Å². The van der Waals surface area contributed by atoms with Crippen molar-refractivity contribution >= 4 is 51.5 Å². The summed E-state index contributed by atoms with van der Waals surface area (Å²) in [5.74, 6) is -1.34. The quantitative estimate of drug-likeness (QED) is 0.223. The lowest BCUT2D eigenvalue weighted by atomic mass is 9.80. The van der Waals surface area contributed by atoms with Gasteiger partial charge in [-0.3, -0.25) is 39.4 Å². The highest BCUT2D eigenvalue weighted by Gasteiger charge is 2.44. The van der Waals surface area contributed by atoms with Crippen LogP contribution in [0, 0.1) is 17.2 Å². The number of benzene rings is 1. The first-order chi connectivity index (χ1) is 20.9. The molecule has 1 unspecified atom stereocenters. The molecule has 4 amide bonds. The zero-order valence-electron chi connectivity index (χ0n) is 23.4. The van der Waals surface area contributed by atoms with Gasteiger partial charge < -0.3 is 16.0 Å². The molecule has 0 radical (unpaired) electrons. The second-order valence-corrected chi connectivity index (χ2v) is 11.8. The number of imide groups is 2. The van der Waals surface area contributed by atoms with E-state index in [9.17, 15) is 19.2 Å². The number of hydrogen-bond acceptors (Lipinski definition) is 9. The van der Waals surface area contributed by atoms with E-state index in [0.29, 0.717) is 18.2 Å². The number of carbonyl (C=O) groups is 4. The fourth-order valence-corrected chi connectivity index (χ4v) is 6.15. The molecule has 1 aromatic carbocycles. The summed E-state index contributed by atoms with van der Waals surface area (Å²) in [6, 6.07) is 10.2. The van der Waals surface area contributed by atoms with Crippen LogP contribution in [-0.2, 0) is 9.59 Å². The minimum atomic E-state index is -0.976. The number of amides is 4. The summed E-state index contributed by atoms with van der Waals surface area (Å²) in [7, 11) is 0. The molecule has 11 heteroatoms. The Bertz CT molecular complexity index is 1720. The number of allylic oxidation sites excluding steroid dienone is 1. The molecule has 1 saturated heterocycles. The number of anilines is 1. The first kappa shape index (κ1) is 26.9. The molecule has 2 aliphatic heterocycles. The van der Waals surface area contributed by atoms with Crippen LogP contribution in [0.5, 0.6) is 0 Å². The van der Waals surface area contributed by atoms with Gasteiger partial charge in [-0.2, -0.15) is 0 Å². The van der Waals surface area contributed by atoms with Gasteiger partial charge in [0.2, 0.25) is 11.8 Å². The third kappa shape index (κ3) is 5.04. The molecule has 2 aliphatic carbocycles. The average molecular weight is 578 g/mol. The van der Waals surface area contributed by atoms with Crippen LogP contribution in [0.4, 0.5) is 5.69 Å². The maximum Gasteiger partial charge on any atom is 0.262 e. The number of hydrogen-bond donors (Lipinski definition) is 4. The van der Waals surface area contributed by atoms with Crippen molar-refractivity contribution in [2.45, 2.75) is 50.6 Å². The number of carbonyl (C=O) groups excluding carboxylic acids is 4. The van der Waals surface area contributed by atoms with Crippen LogP contribution in [0.15, 0.2) is 55.0 Å². The molecule has 4 heterocycles. The number of nitrogens with one attached hydrogen (secondary N) is 4. The topological polar surface area (TPSA) is 157 Å². The number of piperidine rings is 1. The molecule has 2 saturated carbocycles. The van der Waals surface area contributed by atoms with Crippen molar-refractivity contribution in [3.05, 3.63) is 71.8 Å². The highest BCUT2D eigenvalue weighted by molar-refractivity contribution is 6.26. The largest absolute Gasteiger partial charge is 0.388 e. The van der Waals surface area contributed by atoms with Gasteiger partial charge in [0.15, 0.2) is 0 Å². The molecule has 0 bridgehead atoms. The Balaban J connectivity index is 0.971. The first-order valence-electron chi connectivity index (χ1n) is 14.7. The lowest BCUT2D eigenvalue weighted by Crippen LogP contribution is -2.54. The molecule has 218 valence electrons. The summed E-state index contributed by atoms with van der Waals surface area (Å²) in [5, 5.41) is 18.9. The molecule has 43 heavy (non-hydrogen) atoms. The highest BCUT2D eigenvalue weighted by Crippen LogP contribution is 2.37. The van der Waals surface area contributed by atoms with Gasteiger partial charge in [0, 0.05) is 65.9 Å². The molecule has 4 N–H and O–H groups in total. The van der Waals surface area contributed by atoms with E-state index in [2.05, 4.69) is 25.9 Å². The lowest BCUT2D eigenvalue weighted by Gasteiger charge is -2.36. The van der Waals surface area contributed by atoms with Gasteiger partial charge in [-0.1, -0.05) is 6.07 Å². The fraction of sp³-hybridized carbons (Fsp3) is 0.344. The van der Waals surface area contributed by atoms with Gasteiger partial charge in [0.25, 0.3) is 11.8 Å². The lowest BCUT2D eigenvalue weighted by molar-refractivity contribution is -0.136. The molecule has 3 fully saturated rings. The van der Waals surface area contributed by atoms with Crippen LogP contribution in [-0.4, -0.2) is 62.8 Å². The van der Waals surface area contributed by atoms with Gasteiger partial charge in [-0.05, 0) is 68.4 Å². The summed E-state index contributed by atoms with van der Waals surface area (Å²) in [6.07, 6.45) is 9.64. The zero-order chi connectivity index (χ0) is 29.7. The third-order valence-electron chi connectivity index (χ3n) is 8.79. The highest BCUT2D eigenvalue weighted by atomic mass is 16.2. The minimum Gasteiger partial charge on any atom is -0.388 e. The van der Waals surface area contributed by atoms with Crippen molar-refractivity contribution in [3.63, 3.8) is 0 Å². The number of aromatic nitrogens is 2. The second-order valence-electron chi connectivity index (χ2n) is 11.8. The number of rotatable bonds is 9. The predicted octanol–water partition coefficient (Wildman–Crippen LogP) is 3.28. The fourth-order valence-electron chi connectivity index (χ4n) is 6.15. The SMILES string of the molecule is N=C(/C(=C\NC1CC(CNc2ccc3c(c2)C(=O)N(C2CCC(=O)NC2=O)C3=O)C1)c1nccc2cccnc12)C1CC1. The molecule has 7 rings (SSSR count). The van der Waals surface area contributed by atoms with Crippen LogP contribution in [0.25, 0.3) is 16.5 Å². The first-order valence-corrected chi connectivity index (χ1v) is 14.7. The maximum absolute atomic E-state index is 13.1. The molecule has 3 aromatic rings. The van der Waals surface area contributed by atoms with Gasteiger partial charge in [-0.15, -0.1) is 0 Å². The summed E-state index contributed by atoms with van der Waals surface area (Å²) in [4.78, 5) is 60.0. The Labute approximate surface area is 247 Å². The van der Waals surface area contributed by atoms with E-state index < -0.39 is 29.7 Å². The Kier molecular flexibility index (Phi) is 6.72. The monoisotopic (exact) mass is 577 g/mol. The molecule has 0 spiro atoms. The van der Waals surface area contributed by atoms with Gasteiger partial charge in [-0.25, -0.2) is 0 Å². The predicted molar refractivity (Wildman–Crippen MR) is 159 cm³/mol. The molecular formula is C32H31N7O4. The summed E-state index contributed by atoms with van der Waals surface area (Å²) < 4.78 is 0. The average Bonchev–Trinajstić information content (AvgIpc) is 3.81. The summed E-state index contributed by atoms with van der Waals surface area (Å²) in [5.41, 5.74) is 4.21. The number of pyridine rings is 2. The van der Waals surface area contributed by atoms with Gasteiger partial charge in [0.05, 0.1) is 22.3 Å². The Hall–Kier alpha value is -4.93. The van der Waals surface area contributed by atoms with E-state index in [-0.39, 0.29) is 35.9 Å². The second kappa shape index (κ2) is 10.7. The van der Waals surface area contributed by atoms with Crippen molar-refractivity contribution in [3.8, 4) is 0 Å². The van der Waals surface area contributed by atoms with Gasteiger partial charge in [0.1, 0.15) is 6.04 Å². The van der Waals surface area contributed by atoms with Crippen molar-refractivity contribution in [2.24, 2.45) is 11.8 Å². The summed E-state index contributed by atoms with van der Waals surface area (Å²) in [6.45, 7) is 0.708. The molecular weight excluding hydrogens is 546 g/mol. The van der Waals surface area contributed by atoms with E-state index in [0.717, 1.165) is 58.4 Å². The van der Waals surface area contributed by atoms with E-state index in [1.807, 2.05) is 24.4 Å². The number of nitrogens with zero attached hydrogens (tertiary/aromatic N) is 3. The van der Waals surface area contributed by atoms with E-state index in [4.69, 9.17) is 5.41 Å². The molecule has 2 aromatic heterocycles. The van der Waals surface area contributed by atoms with Crippen LogP contribution < -0.4 is 16.0 Å². The van der Waals surface area contributed by atoms with E-state index in [1.54, 1.807) is 30.6 Å². The smallest absolute Gasteiger partial charge is 0.262 e. The Morgan fingerprint density at radius 3 is 2.60 bits per heavy atom. The standard InChI is InChI=1S/C32H31N7O4/c33-27(18-3-4-18)24(29-28-19(9-11-35-29)2-1-10-34-28)16-37-21-12-17(13-21)15-36-20-5-6-22-23(14-20)32(43)39(31(22)42)25-7-8-26(40)38-30(25)41/h1-2,5-6,9-11,14,16-18,21,25,33,36-37H,3-4,7-8,12-13,15H2,(H,38,40,41)/b24-16+,33-27?.